The van der Waals surface area contributed by atoms with Crippen molar-refractivity contribution in [3.63, 3.8) is 0 Å². The van der Waals surface area contributed by atoms with Crippen LogP contribution in [0.3, 0.4) is 0 Å². The summed E-state index contributed by atoms with van der Waals surface area (Å²) in [7, 11) is -3.72. The molecule has 0 aliphatic carbocycles. The molecule has 0 radical (unpaired) electrons. The molecule has 0 atom stereocenters. The molecule has 94 valence electrons. The van der Waals surface area contributed by atoms with Gasteiger partial charge in [-0.1, -0.05) is 6.07 Å². The van der Waals surface area contributed by atoms with Crippen molar-refractivity contribution >= 4 is 15.7 Å². The van der Waals surface area contributed by atoms with Crippen LogP contribution in [0.5, 0.6) is 5.75 Å². The Hall–Kier alpha value is -2.08. The molecule has 18 heavy (non-hydrogen) atoms. The molecule has 2 rings (SSSR count). The van der Waals surface area contributed by atoms with Gasteiger partial charge in [0.25, 0.3) is 10.0 Å². The van der Waals surface area contributed by atoms with E-state index < -0.39 is 10.0 Å². The molecule has 5 nitrogen and oxygen atoms in total. The number of hydrogen-bond donors (Lipinski definition) is 2. The van der Waals surface area contributed by atoms with Crippen molar-refractivity contribution in [2.75, 3.05) is 4.72 Å². The van der Waals surface area contributed by atoms with Crippen molar-refractivity contribution in [3.05, 3.63) is 48.3 Å². The molecule has 0 amide bonds. The van der Waals surface area contributed by atoms with E-state index in [-0.39, 0.29) is 16.3 Å². The number of nitrogens with one attached hydrogen (secondary N) is 1. The molecule has 0 aliphatic heterocycles. The Morgan fingerprint density at radius 1 is 1.28 bits per heavy atom. The number of nitrogens with zero attached hydrogens (tertiary/aromatic N) is 1. The minimum Gasteiger partial charge on any atom is -0.506 e. The minimum absolute atomic E-state index is 0.0463. The highest BCUT2D eigenvalue weighted by Gasteiger charge is 2.15. The minimum atomic E-state index is -3.72. The van der Waals surface area contributed by atoms with Gasteiger partial charge in [-0.15, -0.1) is 0 Å². The summed E-state index contributed by atoms with van der Waals surface area (Å²) in [5.74, 6) is -0.109. The Labute approximate surface area is 105 Å². The number of phenols is 1. The van der Waals surface area contributed by atoms with Crippen LogP contribution in [-0.4, -0.2) is 18.5 Å². The maximum absolute atomic E-state index is 12.0. The van der Waals surface area contributed by atoms with E-state index in [1.807, 2.05) is 0 Å². The highest BCUT2D eigenvalue weighted by Crippen LogP contribution is 2.26. The molecule has 2 N–H and O–H groups in total. The molecular formula is C12H12N2O3S. The number of phenolic OH excluding ortho intramolecular Hbond substituents is 1. The molecule has 6 heteroatoms. The van der Waals surface area contributed by atoms with Gasteiger partial charge in [-0.2, -0.15) is 0 Å². The van der Waals surface area contributed by atoms with Crippen molar-refractivity contribution in [1.82, 2.24) is 4.98 Å². The lowest BCUT2D eigenvalue weighted by Gasteiger charge is -2.09. The first-order chi connectivity index (χ1) is 8.49. The topological polar surface area (TPSA) is 79.3 Å². The van der Waals surface area contributed by atoms with E-state index in [0.29, 0.717) is 0 Å². The largest absolute Gasteiger partial charge is 0.506 e. The Kier molecular flexibility index (Phi) is 3.20. The number of aromatic nitrogens is 1. The zero-order valence-electron chi connectivity index (χ0n) is 9.66. The van der Waals surface area contributed by atoms with E-state index in [4.69, 9.17) is 0 Å². The third-order valence-corrected chi connectivity index (χ3v) is 3.69. The maximum Gasteiger partial charge on any atom is 0.263 e. The van der Waals surface area contributed by atoms with E-state index in [9.17, 15) is 13.5 Å². The fraction of sp³-hybridized carbons (Fsp3) is 0.0833. The third-order valence-electron chi connectivity index (χ3n) is 2.34. The van der Waals surface area contributed by atoms with Gasteiger partial charge in [-0.05, 0) is 36.8 Å². The van der Waals surface area contributed by atoms with Crippen molar-refractivity contribution in [2.24, 2.45) is 0 Å². The number of pyridine rings is 1. The highest BCUT2D eigenvalue weighted by atomic mass is 32.2. The normalized spacial score (nSPS) is 11.2. The summed E-state index contributed by atoms with van der Waals surface area (Å²) in [4.78, 5) is 3.79. The molecule has 1 aromatic heterocycles. The van der Waals surface area contributed by atoms with E-state index in [0.717, 1.165) is 5.56 Å². The Bertz CT molecular complexity index is 654. The molecular weight excluding hydrogens is 252 g/mol. The van der Waals surface area contributed by atoms with Gasteiger partial charge in [-0.25, -0.2) is 8.42 Å². The smallest absolute Gasteiger partial charge is 0.263 e. The number of sulfonamides is 1. The van der Waals surface area contributed by atoms with Crippen LogP contribution >= 0.6 is 0 Å². The third kappa shape index (κ3) is 2.60. The highest BCUT2D eigenvalue weighted by molar-refractivity contribution is 7.92. The summed E-state index contributed by atoms with van der Waals surface area (Å²) in [6, 6.07) is 7.67. The molecule has 0 saturated carbocycles. The number of benzene rings is 1. The van der Waals surface area contributed by atoms with E-state index >= 15 is 0 Å². The number of aryl methyl sites for hydroxylation is 1. The fourth-order valence-electron chi connectivity index (χ4n) is 1.44. The molecule has 1 heterocycles. The molecule has 2 aromatic rings. The summed E-state index contributed by atoms with van der Waals surface area (Å²) in [6.45, 7) is 1.80. The monoisotopic (exact) mass is 264 g/mol. The van der Waals surface area contributed by atoms with Crippen molar-refractivity contribution < 1.29 is 13.5 Å². The van der Waals surface area contributed by atoms with Gasteiger partial charge < -0.3 is 5.11 Å². The van der Waals surface area contributed by atoms with Gasteiger partial charge >= 0.3 is 0 Å². The predicted octanol–water partition coefficient (Wildman–Crippen LogP) is 1.90. The quantitative estimate of drug-likeness (QED) is 0.830. The molecule has 0 spiro atoms. The van der Waals surface area contributed by atoms with Crippen molar-refractivity contribution in [1.29, 1.82) is 0 Å². The zero-order chi connectivity index (χ0) is 13.2. The second-order valence-corrected chi connectivity index (χ2v) is 5.50. The first kappa shape index (κ1) is 12.4. The summed E-state index contributed by atoms with van der Waals surface area (Å²) < 4.78 is 26.3. The molecule has 0 fully saturated rings. The van der Waals surface area contributed by atoms with Gasteiger partial charge in [0.05, 0.1) is 5.69 Å². The lowest BCUT2D eigenvalue weighted by atomic mass is 10.2. The van der Waals surface area contributed by atoms with Crippen LogP contribution in [0, 0.1) is 6.92 Å². The fourth-order valence-corrected chi connectivity index (χ4v) is 2.48. The van der Waals surface area contributed by atoms with Crippen molar-refractivity contribution in [3.8, 4) is 5.75 Å². The van der Waals surface area contributed by atoms with E-state index in [2.05, 4.69) is 9.71 Å². The Morgan fingerprint density at radius 2 is 2.06 bits per heavy atom. The second-order valence-electron chi connectivity index (χ2n) is 3.81. The summed E-state index contributed by atoms with van der Waals surface area (Å²) in [5, 5.41) is 9.66. The van der Waals surface area contributed by atoms with Crippen LogP contribution < -0.4 is 4.72 Å². The van der Waals surface area contributed by atoms with Crippen LogP contribution in [0.2, 0.25) is 0 Å². The van der Waals surface area contributed by atoms with Crippen LogP contribution in [0.1, 0.15) is 5.56 Å². The lowest BCUT2D eigenvalue weighted by Crippen LogP contribution is -2.13. The summed E-state index contributed by atoms with van der Waals surface area (Å²) >= 11 is 0. The van der Waals surface area contributed by atoms with Crippen LogP contribution in [0.4, 0.5) is 5.69 Å². The van der Waals surface area contributed by atoms with Gasteiger partial charge in [0, 0.05) is 12.4 Å². The number of aromatic hydroxyl groups is 1. The van der Waals surface area contributed by atoms with Gasteiger partial charge in [0.2, 0.25) is 0 Å². The Balaban J connectivity index is 2.34. The van der Waals surface area contributed by atoms with Gasteiger partial charge in [0.1, 0.15) is 10.6 Å². The van der Waals surface area contributed by atoms with Crippen molar-refractivity contribution in [2.45, 2.75) is 11.8 Å². The zero-order valence-corrected chi connectivity index (χ0v) is 10.5. The molecule has 1 aromatic carbocycles. The standard InChI is InChI=1S/C12H12N2O3S/c1-9-4-5-11(12(15)7-9)14-18(16,17)10-3-2-6-13-8-10/h2-8,14-15H,1H3. The average molecular weight is 264 g/mol. The van der Waals surface area contributed by atoms with E-state index in [1.165, 1.54) is 36.7 Å². The number of hydrogen-bond acceptors (Lipinski definition) is 4. The summed E-state index contributed by atoms with van der Waals surface area (Å²) in [5.41, 5.74) is 0.987. The summed E-state index contributed by atoms with van der Waals surface area (Å²) in [6.07, 6.45) is 2.73. The predicted molar refractivity (Wildman–Crippen MR) is 67.9 cm³/mol. The first-order valence-electron chi connectivity index (χ1n) is 5.21. The van der Waals surface area contributed by atoms with Crippen LogP contribution in [-0.2, 0) is 10.0 Å². The molecule has 0 unspecified atom stereocenters. The Morgan fingerprint density at radius 3 is 2.67 bits per heavy atom. The lowest BCUT2D eigenvalue weighted by molar-refractivity contribution is 0.477. The number of anilines is 1. The maximum atomic E-state index is 12.0. The van der Waals surface area contributed by atoms with Crippen LogP contribution in [0.15, 0.2) is 47.6 Å². The van der Waals surface area contributed by atoms with Gasteiger partial charge in [-0.3, -0.25) is 9.71 Å². The molecule has 0 aliphatic rings. The SMILES string of the molecule is Cc1ccc(NS(=O)(=O)c2cccnc2)c(O)c1. The van der Waals surface area contributed by atoms with E-state index in [1.54, 1.807) is 13.0 Å². The molecule has 0 saturated heterocycles. The van der Waals surface area contributed by atoms with Crippen LogP contribution in [0.25, 0.3) is 0 Å². The average Bonchev–Trinajstić information content (AvgIpc) is 2.34. The molecule has 0 bridgehead atoms. The van der Waals surface area contributed by atoms with Gasteiger partial charge in [0.15, 0.2) is 0 Å². The number of rotatable bonds is 3. The first-order valence-corrected chi connectivity index (χ1v) is 6.70. The second kappa shape index (κ2) is 4.66.